The number of fused-ring (bicyclic) bond motifs is 2. The summed E-state index contributed by atoms with van der Waals surface area (Å²) in [6, 6.07) is 8.37. The summed E-state index contributed by atoms with van der Waals surface area (Å²) in [6.07, 6.45) is 2.95. The second-order valence-corrected chi connectivity index (χ2v) is 6.86. The number of rotatable bonds is 5. The van der Waals surface area contributed by atoms with Crippen molar-refractivity contribution in [2.24, 2.45) is 0 Å². The molecule has 0 radical (unpaired) electrons. The van der Waals surface area contributed by atoms with Crippen molar-refractivity contribution in [1.82, 2.24) is 29.1 Å². The van der Waals surface area contributed by atoms with Gasteiger partial charge in [-0.1, -0.05) is 0 Å². The predicted molar refractivity (Wildman–Crippen MR) is 109 cm³/mol. The van der Waals surface area contributed by atoms with E-state index in [1.165, 1.54) is 52.0 Å². The minimum atomic E-state index is -0.437. The quantitative estimate of drug-likeness (QED) is 0.470. The zero-order valence-electron chi connectivity index (χ0n) is 16.3. The molecule has 3 heterocycles. The molecule has 0 aliphatic heterocycles. The molecular formula is C21H16F2N6O2. The van der Waals surface area contributed by atoms with Crippen LogP contribution in [0.3, 0.4) is 0 Å². The fraction of sp³-hybridized carbons (Fsp3) is 0.143. The maximum absolute atomic E-state index is 13.8. The lowest BCUT2D eigenvalue weighted by Crippen LogP contribution is -2.18. The first-order valence-corrected chi connectivity index (χ1v) is 9.53. The van der Waals surface area contributed by atoms with E-state index < -0.39 is 17.3 Å². The highest BCUT2D eigenvalue weighted by Gasteiger charge is 2.15. The molecule has 2 aromatic carbocycles. The van der Waals surface area contributed by atoms with Gasteiger partial charge in [0.15, 0.2) is 5.65 Å². The first-order valence-electron chi connectivity index (χ1n) is 9.53. The van der Waals surface area contributed by atoms with E-state index in [-0.39, 0.29) is 12.5 Å². The fourth-order valence-electron chi connectivity index (χ4n) is 3.48. The third-order valence-corrected chi connectivity index (χ3v) is 4.87. The lowest BCUT2D eigenvalue weighted by molar-refractivity contribution is 0.335. The number of halogens is 2. The van der Waals surface area contributed by atoms with E-state index in [0.29, 0.717) is 40.1 Å². The summed E-state index contributed by atoms with van der Waals surface area (Å²) in [5.74, 6) is -0.148. The summed E-state index contributed by atoms with van der Waals surface area (Å²) >= 11 is 0. The molecule has 10 heteroatoms. The van der Waals surface area contributed by atoms with Crippen LogP contribution in [0.4, 0.5) is 8.78 Å². The lowest BCUT2D eigenvalue weighted by atomic mass is 10.2. The highest BCUT2D eigenvalue weighted by Crippen LogP contribution is 2.22. The molecule has 0 saturated carbocycles. The molecule has 0 fully saturated rings. The molecule has 0 unspecified atom stereocenters. The first kappa shape index (κ1) is 18.9. The number of aromatic nitrogens is 6. The number of aromatic amines is 1. The average Bonchev–Trinajstić information content (AvgIpc) is 3.30. The van der Waals surface area contributed by atoms with Crippen LogP contribution < -0.4 is 10.4 Å². The molecule has 156 valence electrons. The molecule has 0 atom stereocenters. The molecule has 5 rings (SSSR count). The monoisotopic (exact) mass is 422 g/mol. The minimum Gasteiger partial charge on any atom is -0.494 e. The Kier molecular flexibility index (Phi) is 4.46. The van der Waals surface area contributed by atoms with Gasteiger partial charge in [0.05, 0.1) is 30.4 Å². The van der Waals surface area contributed by atoms with Gasteiger partial charge in [0.2, 0.25) is 5.95 Å². The zero-order valence-corrected chi connectivity index (χ0v) is 16.3. The van der Waals surface area contributed by atoms with Crippen LogP contribution >= 0.6 is 0 Å². The number of hydrogen-bond donors (Lipinski definition) is 1. The van der Waals surface area contributed by atoms with Crippen LogP contribution in [0.2, 0.25) is 0 Å². The van der Waals surface area contributed by atoms with Gasteiger partial charge in [-0.3, -0.25) is 9.13 Å². The fourth-order valence-corrected chi connectivity index (χ4v) is 3.48. The van der Waals surface area contributed by atoms with Crippen LogP contribution in [0, 0.1) is 11.6 Å². The third-order valence-electron chi connectivity index (χ3n) is 4.87. The Hall–Kier alpha value is -4.08. The summed E-state index contributed by atoms with van der Waals surface area (Å²) < 4.78 is 36.0. The molecule has 31 heavy (non-hydrogen) atoms. The van der Waals surface area contributed by atoms with Crippen molar-refractivity contribution in [2.45, 2.75) is 13.5 Å². The molecule has 0 amide bonds. The maximum Gasteiger partial charge on any atom is 0.328 e. The Morgan fingerprint density at radius 1 is 1.10 bits per heavy atom. The Balaban J connectivity index is 1.64. The number of nitrogens with zero attached hydrogens (tertiary/aromatic N) is 5. The van der Waals surface area contributed by atoms with E-state index in [2.05, 4.69) is 19.9 Å². The highest BCUT2D eigenvalue weighted by atomic mass is 19.1. The summed E-state index contributed by atoms with van der Waals surface area (Å²) in [4.78, 5) is 28.3. The van der Waals surface area contributed by atoms with Gasteiger partial charge in [-0.25, -0.2) is 23.5 Å². The molecule has 1 N–H and O–H groups in total. The van der Waals surface area contributed by atoms with Gasteiger partial charge in [0.25, 0.3) is 0 Å². The van der Waals surface area contributed by atoms with E-state index in [1.54, 1.807) is 6.07 Å². The van der Waals surface area contributed by atoms with Crippen LogP contribution in [-0.4, -0.2) is 35.7 Å². The van der Waals surface area contributed by atoms with Crippen LogP contribution in [0.25, 0.3) is 28.1 Å². The second-order valence-electron chi connectivity index (χ2n) is 6.86. The molecule has 8 nitrogen and oxygen atoms in total. The largest absolute Gasteiger partial charge is 0.494 e. The number of imidazole rings is 2. The molecule has 3 aromatic heterocycles. The SMILES string of the molecule is CCOc1ccc(F)cc1Cn1c(=O)[nH]c2cnc(-n3cnc4ccc(F)cc43)nc21. The van der Waals surface area contributed by atoms with Gasteiger partial charge >= 0.3 is 5.69 Å². The van der Waals surface area contributed by atoms with Crippen molar-refractivity contribution in [2.75, 3.05) is 6.61 Å². The van der Waals surface area contributed by atoms with Crippen LogP contribution in [0.5, 0.6) is 5.75 Å². The van der Waals surface area contributed by atoms with Crippen molar-refractivity contribution in [1.29, 1.82) is 0 Å². The standard InChI is InChI=1S/C21H16F2N6O2/c1-2-31-18-6-4-13(22)7-12(18)10-28-19-16(26-21(28)30)9-24-20(27-19)29-11-25-15-5-3-14(23)8-17(15)29/h3-9,11H,2,10H2,1H3,(H,26,30). The van der Waals surface area contributed by atoms with Crippen molar-refractivity contribution in [3.63, 3.8) is 0 Å². The van der Waals surface area contributed by atoms with Crippen molar-refractivity contribution < 1.29 is 13.5 Å². The summed E-state index contributed by atoms with van der Waals surface area (Å²) in [5, 5.41) is 0. The highest BCUT2D eigenvalue weighted by molar-refractivity contribution is 5.77. The number of hydrogen-bond acceptors (Lipinski definition) is 5. The van der Waals surface area contributed by atoms with Gasteiger partial charge in [-0.15, -0.1) is 0 Å². The third kappa shape index (κ3) is 3.31. The molecule has 0 aliphatic carbocycles. The van der Waals surface area contributed by atoms with E-state index in [1.807, 2.05) is 6.92 Å². The van der Waals surface area contributed by atoms with Gasteiger partial charge in [-0.2, -0.15) is 4.98 Å². The molecule has 0 aliphatic rings. The number of H-pyrrole nitrogens is 1. The van der Waals surface area contributed by atoms with Crippen molar-refractivity contribution >= 4 is 22.2 Å². The molecule has 0 spiro atoms. The molecule has 5 aromatic rings. The Labute approximate surface area is 173 Å². The van der Waals surface area contributed by atoms with Gasteiger partial charge in [0.1, 0.15) is 29.2 Å². The average molecular weight is 422 g/mol. The van der Waals surface area contributed by atoms with E-state index in [0.717, 1.165) is 0 Å². The smallest absolute Gasteiger partial charge is 0.328 e. The normalized spacial score (nSPS) is 11.5. The topological polar surface area (TPSA) is 90.6 Å². The first-order chi connectivity index (χ1) is 15.0. The zero-order chi connectivity index (χ0) is 21.5. The molecule has 0 bridgehead atoms. The van der Waals surface area contributed by atoms with Crippen LogP contribution in [-0.2, 0) is 6.54 Å². The van der Waals surface area contributed by atoms with Gasteiger partial charge in [0, 0.05) is 11.6 Å². The van der Waals surface area contributed by atoms with E-state index in [9.17, 15) is 13.6 Å². The Morgan fingerprint density at radius 2 is 1.90 bits per heavy atom. The lowest BCUT2D eigenvalue weighted by Gasteiger charge is -2.11. The molecular weight excluding hydrogens is 406 g/mol. The van der Waals surface area contributed by atoms with Gasteiger partial charge < -0.3 is 9.72 Å². The Bertz CT molecular complexity index is 1490. The molecule has 0 saturated heterocycles. The summed E-state index contributed by atoms with van der Waals surface area (Å²) in [6.45, 7) is 2.27. The van der Waals surface area contributed by atoms with Crippen LogP contribution in [0.15, 0.2) is 53.7 Å². The van der Waals surface area contributed by atoms with Gasteiger partial charge in [-0.05, 0) is 37.3 Å². The predicted octanol–water partition coefficient (Wildman–Crippen LogP) is 3.18. The van der Waals surface area contributed by atoms with E-state index in [4.69, 9.17) is 4.74 Å². The number of benzene rings is 2. The summed E-state index contributed by atoms with van der Waals surface area (Å²) in [7, 11) is 0. The van der Waals surface area contributed by atoms with Crippen molar-refractivity contribution in [3.8, 4) is 11.7 Å². The number of nitrogens with one attached hydrogen (secondary N) is 1. The minimum absolute atomic E-state index is 0.0433. The van der Waals surface area contributed by atoms with Crippen LogP contribution in [0.1, 0.15) is 12.5 Å². The Morgan fingerprint density at radius 3 is 2.74 bits per heavy atom. The second kappa shape index (κ2) is 7.31. The maximum atomic E-state index is 13.8. The van der Waals surface area contributed by atoms with E-state index >= 15 is 0 Å². The number of ether oxygens (including phenoxy) is 1. The van der Waals surface area contributed by atoms with Crippen molar-refractivity contribution in [3.05, 3.63) is 76.6 Å². The summed E-state index contributed by atoms with van der Waals surface area (Å²) in [5.41, 5.74) is 1.89.